The van der Waals surface area contributed by atoms with Gasteiger partial charge in [-0.15, -0.1) is 0 Å². The Balaban J connectivity index is 2.71. The van der Waals surface area contributed by atoms with E-state index >= 15 is 0 Å². The Hall–Kier alpha value is -0.370. The van der Waals surface area contributed by atoms with E-state index in [1.165, 1.54) is 0 Å². The van der Waals surface area contributed by atoms with Crippen LogP contribution in [-0.2, 0) is 4.79 Å². The third-order valence-corrected chi connectivity index (χ3v) is 3.07. The summed E-state index contributed by atoms with van der Waals surface area (Å²) < 4.78 is 0. The van der Waals surface area contributed by atoms with Crippen LogP contribution in [0.1, 0.15) is 33.6 Å². The molecule has 0 aliphatic heterocycles. The zero-order chi connectivity index (χ0) is 8.65. The first-order chi connectivity index (χ1) is 4.95. The summed E-state index contributed by atoms with van der Waals surface area (Å²) in [6.45, 7) is 5.39. The van der Waals surface area contributed by atoms with Gasteiger partial charge in [0.2, 0.25) is 0 Å². The first-order valence-electron chi connectivity index (χ1n) is 4.18. The predicted octanol–water partition coefficient (Wildman–Crippen LogP) is 1.37. The average molecular weight is 156 g/mol. The molecule has 1 aliphatic carbocycles. The lowest BCUT2D eigenvalue weighted by molar-refractivity contribution is -0.123. The monoisotopic (exact) mass is 156 g/mol. The van der Waals surface area contributed by atoms with E-state index in [9.17, 15) is 9.90 Å². The number of hydrogen-bond acceptors (Lipinski definition) is 2. The van der Waals surface area contributed by atoms with Crippen LogP contribution < -0.4 is 0 Å². The number of rotatable bonds is 1. The van der Waals surface area contributed by atoms with Crippen LogP contribution >= 0.6 is 0 Å². The lowest BCUT2D eigenvalue weighted by Crippen LogP contribution is -2.31. The summed E-state index contributed by atoms with van der Waals surface area (Å²) in [4.78, 5) is 11.0. The molecule has 2 nitrogen and oxygen atoms in total. The molecule has 1 saturated carbocycles. The Morgan fingerprint density at radius 3 is 2.36 bits per heavy atom. The van der Waals surface area contributed by atoms with Crippen LogP contribution in [0.3, 0.4) is 0 Å². The van der Waals surface area contributed by atoms with E-state index in [1.807, 2.05) is 13.8 Å². The average Bonchev–Trinajstić information content (AvgIpc) is 2.09. The van der Waals surface area contributed by atoms with Gasteiger partial charge in [0.1, 0.15) is 5.78 Å². The summed E-state index contributed by atoms with van der Waals surface area (Å²) in [5, 5.41) is 9.73. The van der Waals surface area contributed by atoms with Gasteiger partial charge in [0.05, 0.1) is 5.60 Å². The van der Waals surface area contributed by atoms with Crippen molar-refractivity contribution >= 4 is 5.78 Å². The maximum Gasteiger partial charge on any atom is 0.133 e. The molecule has 1 aliphatic rings. The van der Waals surface area contributed by atoms with Crippen molar-refractivity contribution in [3.05, 3.63) is 0 Å². The van der Waals surface area contributed by atoms with Crippen LogP contribution in [0.2, 0.25) is 0 Å². The maximum atomic E-state index is 11.0. The Kier molecular flexibility index (Phi) is 2.06. The highest BCUT2D eigenvalue weighted by Gasteiger charge is 2.42. The van der Waals surface area contributed by atoms with E-state index < -0.39 is 5.60 Å². The fraction of sp³-hybridized carbons (Fsp3) is 0.889. The molecule has 1 rings (SSSR count). The summed E-state index contributed by atoms with van der Waals surface area (Å²) in [7, 11) is 0. The third-order valence-electron chi connectivity index (χ3n) is 3.07. The highest BCUT2D eigenvalue weighted by molar-refractivity contribution is 5.79. The number of aliphatic hydroxyl groups is 1. The first-order valence-corrected chi connectivity index (χ1v) is 4.18. The van der Waals surface area contributed by atoms with Gasteiger partial charge in [-0.05, 0) is 32.6 Å². The molecule has 0 amide bonds. The molecule has 1 fully saturated rings. The van der Waals surface area contributed by atoms with Gasteiger partial charge in [0.15, 0.2) is 0 Å². The van der Waals surface area contributed by atoms with Crippen molar-refractivity contribution in [2.75, 3.05) is 0 Å². The van der Waals surface area contributed by atoms with Crippen molar-refractivity contribution in [1.29, 1.82) is 0 Å². The minimum Gasteiger partial charge on any atom is -0.390 e. The summed E-state index contributed by atoms with van der Waals surface area (Å²) in [6.07, 6.45) is 1.61. The zero-order valence-corrected chi connectivity index (χ0v) is 7.42. The van der Waals surface area contributed by atoms with Crippen molar-refractivity contribution in [2.24, 2.45) is 11.8 Å². The molecule has 0 unspecified atom stereocenters. The first kappa shape index (κ1) is 8.72. The van der Waals surface area contributed by atoms with Crippen molar-refractivity contribution < 1.29 is 9.90 Å². The Bertz CT molecular complexity index is 172. The molecule has 3 atom stereocenters. The predicted molar refractivity (Wildman–Crippen MR) is 43.2 cm³/mol. The molecule has 0 saturated heterocycles. The topological polar surface area (TPSA) is 37.3 Å². The van der Waals surface area contributed by atoms with Gasteiger partial charge in [-0.2, -0.15) is 0 Å². The highest BCUT2D eigenvalue weighted by Crippen LogP contribution is 2.39. The number of ketones is 1. The second-order valence-electron chi connectivity index (χ2n) is 3.90. The van der Waals surface area contributed by atoms with Crippen LogP contribution in [0, 0.1) is 11.8 Å². The fourth-order valence-corrected chi connectivity index (χ4v) is 1.91. The number of carbonyl (C=O) groups excluding carboxylic acids is 1. The molecule has 0 radical (unpaired) electrons. The summed E-state index contributed by atoms with van der Waals surface area (Å²) >= 11 is 0. The second kappa shape index (κ2) is 2.59. The van der Waals surface area contributed by atoms with Gasteiger partial charge in [-0.25, -0.2) is 0 Å². The fourth-order valence-electron chi connectivity index (χ4n) is 1.91. The molecule has 2 heteroatoms. The molecule has 11 heavy (non-hydrogen) atoms. The second-order valence-corrected chi connectivity index (χ2v) is 3.90. The third kappa shape index (κ3) is 1.45. The minimum atomic E-state index is -0.615. The van der Waals surface area contributed by atoms with Gasteiger partial charge in [-0.1, -0.05) is 6.92 Å². The van der Waals surface area contributed by atoms with E-state index in [-0.39, 0.29) is 17.6 Å². The highest BCUT2D eigenvalue weighted by atomic mass is 16.3. The smallest absolute Gasteiger partial charge is 0.133 e. The Morgan fingerprint density at radius 1 is 1.64 bits per heavy atom. The standard InChI is InChI=1S/C9H16O2/c1-6-8(7(2)10)4-5-9(6,3)11/h6,8,11H,4-5H2,1-3H3/t6-,8+,9-/m1/s1. The largest absolute Gasteiger partial charge is 0.390 e. The summed E-state index contributed by atoms with van der Waals surface area (Å²) in [5.41, 5.74) is -0.615. The molecule has 0 aromatic heterocycles. The van der Waals surface area contributed by atoms with Crippen molar-refractivity contribution in [3.63, 3.8) is 0 Å². The SMILES string of the molecule is CC(=O)[C@H]1CC[C@@](C)(O)[C@@H]1C. The lowest BCUT2D eigenvalue weighted by Gasteiger charge is -2.24. The zero-order valence-electron chi connectivity index (χ0n) is 7.42. The van der Waals surface area contributed by atoms with Crippen LogP contribution in [-0.4, -0.2) is 16.5 Å². The van der Waals surface area contributed by atoms with Crippen LogP contribution in [0.5, 0.6) is 0 Å². The molecular weight excluding hydrogens is 140 g/mol. The number of Topliss-reactive ketones (excluding diaryl/α,β-unsaturated/α-hetero) is 1. The summed E-state index contributed by atoms with van der Waals surface area (Å²) in [6, 6.07) is 0. The molecule has 1 N–H and O–H groups in total. The lowest BCUT2D eigenvalue weighted by atomic mass is 9.87. The van der Waals surface area contributed by atoms with Gasteiger partial charge in [0, 0.05) is 5.92 Å². The van der Waals surface area contributed by atoms with Crippen molar-refractivity contribution in [2.45, 2.75) is 39.2 Å². The molecule has 0 aromatic rings. The number of hydrogen-bond donors (Lipinski definition) is 1. The van der Waals surface area contributed by atoms with Gasteiger partial charge in [-0.3, -0.25) is 4.79 Å². The minimum absolute atomic E-state index is 0.0880. The molecular formula is C9H16O2. The molecule has 0 bridgehead atoms. The quantitative estimate of drug-likeness (QED) is 0.622. The van der Waals surface area contributed by atoms with Crippen molar-refractivity contribution in [1.82, 2.24) is 0 Å². The van der Waals surface area contributed by atoms with E-state index in [2.05, 4.69) is 0 Å². The van der Waals surface area contributed by atoms with E-state index in [1.54, 1.807) is 6.92 Å². The summed E-state index contributed by atoms with van der Waals surface area (Å²) in [5.74, 6) is 0.431. The Labute approximate surface area is 67.6 Å². The van der Waals surface area contributed by atoms with Crippen LogP contribution in [0.15, 0.2) is 0 Å². The molecule has 0 aromatic carbocycles. The van der Waals surface area contributed by atoms with Crippen molar-refractivity contribution in [3.8, 4) is 0 Å². The van der Waals surface area contributed by atoms with Crippen LogP contribution in [0.25, 0.3) is 0 Å². The van der Waals surface area contributed by atoms with E-state index in [4.69, 9.17) is 0 Å². The van der Waals surface area contributed by atoms with Crippen LogP contribution in [0.4, 0.5) is 0 Å². The normalized spacial score (nSPS) is 44.4. The molecule has 64 valence electrons. The maximum absolute atomic E-state index is 11.0. The van der Waals surface area contributed by atoms with E-state index in [0.29, 0.717) is 0 Å². The molecule has 0 heterocycles. The number of carbonyl (C=O) groups is 1. The van der Waals surface area contributed by atoms with E-state index in [0.717, 1.165) is 12.8 Å². The van der Waals surface area contributed by atoms with Gasteiger partial charge < -0.3 is 5.11 Å². The Morgan fingerprint density at radius 2 is 2.18 bits per heavy atom. The van der Waals surface area contributed by atoms with Gasteiger partial charge in [0.25, 0.3) is 0 Å². The molecule has 0 spiro atoms. The van der Waals surface area contributed by atoms with Gasteiger partial charge >= 0.3 is 0 Å².